The third kappa shape index (κ3) is 4.26. The molecule has 3 N–H and O–H groups in total. The van der Waals surface area contributed by atoms with E-state index in [2.05, 4.69) is 4.72 Å². The lowest BCUT2D eigenvalue weighted by molar-refractivity contribution is 0.341. The van der Waals surface area contributed by atoms with E-state index in [0.717, 1.165) is 6.07 Å². The third-order valence-corrected chi connectivity index (χ3v) is 6.31. The first kappa shape index (κ1) is 18.1. The summed E-state index contributed by atoms with van der Waals surface area (Å²) in [6.45, 7) is 5.74. The average molecular weight is 334 g/mol. The first-order valence-corrected chi connectivity index (χ1v) is 9.80. The molecule has 0 bridgehead atoms. The SMILES string of the molecule is CCC(CC)(CC)NS(=O)(=O)c1cccc(S(N)(=O)=O)c1. The maximum atomic E-state index is 12.5. The number of nitrogens with two attached hydrogens (primary N) is 1. The van der Waals surface area contributed by atoms with Crippen molar-refractivity contribution in [2.45, 2.75) is 55.4 Å². The number of hydrogen-bond acceptors (Lipinski definition) is 4. The second-order valence-corrected chi connectivity index (χ2v) is 8.21. The van der Waals surface area contributed by atoms with Crippen molar-refractivity contribution in [3.05, 3.63) is 24.3 Å². The number of rotatable bonds is 7. The van der Waals surface area contributed by atoms with Gasteiger partial charge in [0, 0.05) is 5.54 Å². The summed E-state index contributed by atoms with van der Waals surface area (Å²) in [5, 5.41) is 5.03. The molecule has 0 spiro atoms. The van der Waals surface area contributed by atoms with E-state index in [1.54, 1.807) is 0 Å². The zero-order valence-electron chi connectivity index (χ0n) is 12.5. The zero-order chi connectivity index (χ0) is 16.3. The van der Waals surface area contributed by atoms with Crippen LogP contribution in [0.5, 0.6) is 0 Å². The van der Waals surface area contributed by atoms with Gasteiger partial charge in [0.2, 0.25) is 20.0 Å². The Morgan fingerprint density at radius 1 is 1.00 bits per heavy atom. The minimum Gasteiger partial charge on any atom is -0.225 e. The van der Waals surface area contributed by atoms with Crippen LogP contribution in [0, 0.1) is 0 Å². The van der Waals surface area contributed by atoms with E-state index < -0.39 is 25.6 Å². The van der Waals surface area contributed by atoms with Gasteiger partial charge in [-0.2, -0.15) is 0 Å². The van der Waals surface area contributed by atoms with Crippen molar-refractivity contribution in [2.24, 2.45) is 5.14 Å². The fourth-order valence-corrected chi connectivity index (χ4v) is 4.42. The molecule has 6 nitrogen and oxygen atoms in total. The van der Waals surface area contributed by atoms with Gasteiger partial charge in [0.1, 0.15) is 0 Å². The Bertz CT molecular complexity index is 684. The molecule has 1 rings (SSSR count). The standard InChI is InChI=1S/C13H22N2O4S2/c1-4-13(5-2,6-3)15-21(18,19)12-9-7-8-11(10-12)20(14,16)17/h7-10,15H,4-6H2,1-3H3,(H2,14,16,17). The summed E-state index contributed by atoms with van der Waals surface area (Å²) in [4.78, 5) is -0.325. The number of hydrogen-bond donors (Lipinski definition) is 2. The van der Waals surface area contributed by atoms with Crippen molar-refractivity contribution in [3.63, 3.8) is 0 Å². The van der Waals surface area contributed by atoms with Crippen LogP contribution in [0.1, 0.15) is 40.0 Å². The van der Waals surface area contributed by atoms with E-state index in [4.69, 9.17) is 5.14 Å². The lowest BCUT2D eigenvalue weighted by Crippen LogP contribution is -2.46. The van der Waals surface area contributed by atoms with E-state index in [0.29, 0.717) is 19.3 Å². The van der Waals surface area contributed by atoms with Gasteiger partial charge in [0.15, 0.2) is 0 Å². The third-order valence-electron chi connectivity index (χ3n) is 3.83. The highest BCUT2D eigenvalue weighted by molar-refractivity contribution is 7.90. The predicted molar refractivity (Wildman–Crippen MR) is 81.7 cm³/mol. The highest BCUT2D eigenvalue weighted by Crippen LogP contribution is 2.23. The van der Waals surface area contributed by atoms with Crippen LogP contribution in [0.4, 0.5) is 0 Å². The molecule has 0 heterocycles. The zero-order valence-corrected chi connectivity index (χ0v) is 14.1. The van der Waals surface area contributed by atoms with Gasteiger partial charge in [-0.3, -0.25) is 0 Å². The molecule has 0 amide bonds. The summed E-state index contributed by atoms with van der Waals surface area (Å²) in [6, 6.07) is 5.05. The van der Waals surface area contributed by atoms with Crippen LogP contribution >= 0.6 is 0 Å². The van der Waals surface area contributed by atoms with Crippen LogP contribution in [0.25, 0.3) is 0 Å². The maximum absolute atomic E-state index is 12.5. The van der Waals surface area contributed by atoms with E-state index in [1.165, 1.54) is 18.2 Å². The lowest BCUT2D eigenvalue weighted by atomic mass is 9.91. The Morgan fingerprint density at radius 3 is 1.90 bits per heavy atom. The number of benzene rings is 1. The summed E-state index contributed by atoms with van der Waals surface area (Å²) >= 11 is 0. The number of primary sulfonamides is 1. The molecule has 1 aromatic carbocycles. The minimum atomic E-state index is -3.94. The van der Waals surface area contributed by atoms with Gasteiger partial charge in [-0.15, -0.1) is 0 Å². The van der Waals surface area contributed by atoms with Gasteiger partial charge < -0.3 is 0 Å². The molecule has 0 saturated heterocycles. The van der Waals surface area contributed by atoms with Crippen LogP contribution in [0.3, 0.4) is 0 Å². The van der Waals surface area contributed by atoms with Crippen molar-refractivity contribution in [1.29, 1.82) is 0 Å². The fraction of sp³-hybridized carbons (Fsp3) is 0.538. The molecule has 0 fully saturated rings. The average Bonchev–Trinajstić information content (AvgIpc) is 2.44. The van der Waals surface area contributed by atoms with Crippen molar-refractivity contribution in [2.75, 3.05) is 0 Å². The molecule has 120 valence electrons. The Labute approximate surface area is 126 Å². The fourth-order valence-electron chi connectivity index (χ4n) is 2.13. The Kier molecular flexibility index (Phi) is 5.54. The van der Waals surface area contributed by atoms with Crippen molar-refractivity contribution >= 4 is 20.0 Å². The van der Waals surface area contributed by atoms with Crippen LogP contribution < -0.4 is 9.86 Å². The maximum Gasteiger partial charge on any atom is 0.241 e. The van der Waals surface area contributed by atoms with Crippen molar-refractivity contribution in [1.82, 2.24) is 4.72 Å². The van der Waals surface area contributed by atoms with Crippen LogP contribution in [0.2, 0.25) is 0 Å². The van der Waals surface area contributed by atoms with Crippen LogP contribution in [0.15, 0.2) is 34.1 Å². The predicted octanol–water partition coefficient (Wildman–Crippen LogP) is 1.58. The van der Waals surface area contributed by atoms with Crippen LogP contribution in [-0.2, 0) is 20.0 Å². The quantitative estimate of drug-likeness (QED) is 0.789. The van der Waals surface area contributed by atoms with E-state index >= 15 is 0 Å². The van der Waals surface area contributed by atoms with E-state index in [9.17, 15) is 16.8 Å². The molecule has 0 atom stereocenters. The first-order valence-electron chi connectivity index (χ1n) is 6.77. The van der Waals surface area contributed by atoms with Crippen LogP contribution in [-0.4, -0.2) is 22.4 Å². The molecule has 8 heteroatoms. The second-order valence-electron chi connectivity index (χ2n) is 4.97. The molecule has 0 aliphatic carbocycles. The molecular formula is C13H22N2O4S2. The molecule has 0 unspecified atom stereocenters. The first-order chi connectivity index (χ1) is 9.60. The molecular weight excluding hydrogens is 312 g/mol. The Hall–Kier alpha value is -0.960. The second kappa shape index (κ2) is 6.43. The summed E-state index contributed by atoms with van der Waals surface area (Å²) in [5.74, 6) is 0. The van der Waals surface area contributed by atoms with E-state index in [1.807, 2.05) is 20.8 Å². The van der Waals surface area contributed by atoms with Gasteiger partial charge in [-0.1, -0.05) is 26.8 Å². The smallest absolute Gasteiger partial charge is 0.225 e. The van der Waals surface area contributed by atoms with Gasteiger partial charge in [0.05, 0.1) is 9.79 Å². The van der Waals surface area contributed by atoms with Gasteiger partial charge >= 0.3 is 0 Å². The highest BCUT2D eigenvalue weighted by Gasteiger charge is 2.30. The van der Waals surface area contributed by atoms with Gasteiger partial charge in [0.25, 0.3) is 0 Å². The molecule has 0 aliphatic heterocycles. The molecule has 21 heavy (non-hydrogen) atoms. The summed E-state index contributed by atoms with van der Waals surface area (Å²) in [5.41, 5.74) is -0.531. The lowest BCUT2D eigenvalue weighted by Gasteiger charge is -2.31. The minimum absolute atomic E-state index is 0.103. The topological polar surface area (TPSA) is 106 Å². The van der Waals surface area contributed by atoms with E-state index in [-0.39, 0.29) is 9.79 Å². The van der Waals surface area contributed by atoms with Crippen molar-refractivity contribution < 1.29 is 16.8 Å². The van der Waals surface area contributed by atoms with Gasteiger partial charge in [-0.05, 0) is 37.5 Å². The largest absolute Gasteiger partial charge is 0.241 e. The number of nitrogens with one attached hydrogen (secondary N) is 1. The molecule has 0 aliphatic rings. The highest BCUT2D eigenvalue weighted by atomic mass is 32.2. The normalized spacial score (nSPS) is 13.3. The summed E-state index contributed by atoms with van der Waals surface area (Å²) < 4.78 is 50.3. The Morgan fingerprint density at radius 2 is 1.48 bits per heavy atom. The number of sulfonamides is 2. The molecule has 0 aromatic heterocycles. The monoisotopic (exact) mass is 334 g/mol. The molecule has 0 radical (unpaired) electrons. The van der Waals surface area contributed by atoms with Gasteiger partial charge in [-0.25, -0.2) is 26.7 Å². The summed E-state index contributed by atoms with van der Waals surface area (Å²) in [6.07, 6.45) is 1.94. The summed E-state index contributed by atoms with van der Waals surface area (Å²) in [7, 11) is -7.75. The molecule has 1 aromatic rings. The Balaban J connectivity index is 3.26. The molecule has 0 saturated carbocycles. The van der Waals surface area contributed by atoms with Crippen molar-refractivity contribution in [3.8, 4) is 0 Å².